The zero-order valence-electron chi connectivity index (χ0n) is 10.6. The number of fused-ring (bicyclic) bond motifs is 1. The van der Waals surface area contributed by atoms with Gasteiger partial charge in [0.2, 0.25) is 0 Å². The number of hydrogen-bond acceptors (Lipinski definition) is 1. The fraction of sp³-hybridized carbons (Fsp3) is 0.533. The first-order valence-electron chi connectivity index (χ1n) is 6.74. The predicted octanol–water partition coefficient (Wildman–Crippen LogP) is 4.06. The number of rotatable bonds is 4. The number of alkyl halides is 1. The van der Waals surface area contributed by atoms with Crippen molar-refractivity contribution in [1.82, 2.24) is 4.98 Å². The van der Waals surface area contributed by atoms with Gasteiger partial charge in [0, 0.05) is 17.3 Å². The van der Waals surface area contributed by atoms with E-state index in [2.05, 4.69) is 23.2 Å². The Morgan fingerprint density at radius 2 is 2.28 bits per heavy atom. The summed E-state index contributed by atoms with van der Waals surface area (Å²) in [6.45, 7) is 0. The summed E-state index contributed by atoms with van der Waals surface area (Å²) < 4.78 is 0. The number of nitrogens with one attached hydrogen (secondary N) is 1. The summed E-state index contributed by atoms with van der Waals surface area (Å²) in [5.74, 6) is 0.698. The van der Waals surface area contributed by atoms with Crippen LogP contribution in [-0.4, -0.2) is 17.2 Å². The Hall–Kier alpha value is -1.02. The molecule has 0 aliphatic heterocycles. The average molecular weight is 266 g/mol. The molecular weight excluding hydrogens is 246 g/mol. The number of carbonyl (C=O) groups excluding carboxylic acids is 1. The molecule has 2 nitrogen and oxygen atoms in total. The van der Waals surface area contributed by atoms with Gasteiger partial charge in [0.1, 0.15) is 6.29 Å². The van der Waals surface area contributed by atoms with Crippen molar-refractivity contribution in [2.75, 3.05) is 5.88 Å². The van der Waals surface area contributed by atoms with E-state index in [4.69, 9.17) is 11.6 Å². The second-order valence-electron chi connectivity index (χ2n) is 4.89. The highest BCUT2D eigenvalue weighted by atomic mass is 35.5. The van der Waals surface area contributed by atoms with Crippen LogP contribution in [0.5, 0.6) is 0 Å². The largest absolute Gasteiger partial charge is 0.358 e. The maximum absolute atomic E-state index is 11.2. The molecule has 0 radical (unpaired) electrons. The van der Waals surface area contributed by atoms with Crippen LogP contribution in [0.4, 0.5) is 0 Å². The predicted molar refractivity (Wildman–Crippen MR) is 76.1 cm³/mol. The van der Waals surface area contributed by atoms with Crippen molar-refractivity contribution >= 4 is 24.0 Å². The Kier molecular flexibility index (Phi) is 5.06. The van der Waals surface area contributed by atoms with E-state index in [0.29, 0.717) is 5.88 Å². The molecule has 1 atom stereocenters. The van der Waals surface area contributed by atoms with Crippen molar-refractivity contribution in [3.63, 3.8) is 0 Å². The number of aromatic nitrogens is 1. The Morgan fingerprint density at radius 1 is 1.39 bits per heavy atom. The smallest absolute Gasteiger partial charge is 0.128 e. The van der Waals surface area contributed by atoms with Gasteiger partial charge in [0.25, 0.3) is 0 Å². The minimum absolute atomic E-state index is 0.0514. The molecule has 0 aromatic carbocycles. The number of hydrogen-bond donors (Lipinski definition) is 1. The van der Waals surface area contributed by atoms with Crippen molar-refractivity contribution in [3.05, 3.63) is 29.1 Å². The lowest BCUT2D eigenvalue weighted by Gasteiger charge is -2.14. The minimum atomic E-state index is 0.0514. The molecule has 1 aliphatic rings. The summed E-state index contributed by atoms with van der Waals surface area (Å²) >= 11 is 5.65. The van der Waals surface area contributed by atoms with E-state index in [1.54, 1.807) is 0 Å². The fourth-order valence-electron chi connectivity index (χ4n) is 2.57. The van der Waals surface area contributed by atoms with E-state index in [1.807, 2.05) is 0 Å². The number of H-pyrrole nitrogens is 1. The lowest BCUT2D eigenvalue weighted by atomic mass is 9.91. The van der Waals surface area contributed by atoms with Crippen LogP contribution in [0.2, 0.25) is 0 Å². The molecule has 0 spiro atoms. The van der Waals surface area contributed by atoms with Gasteiger partial charge < -0.3 is 9.78 Å². The number of aryl methyl sites for hydroxylation is 1. The third-order valence-electron chi connectivity index (χ3n) is 3.52. The molecule has 98 valence electrons. The quantitative estimate of drug-likeness (QED) is 0.646. The summed E-state index contributed by atoms with van der Waals surface area (Å²) in [7, 11) is 0. The van der Waals surface area contributed by atoms with E-state index >= 15 is 0 Å². The molecule has 0 amide bonds. The van der Waals surface area contributed by atoms with Crippen LogP contribution in [-0.2, 0) is 11.2 Å². The molecular formula is C15H20ClNO. The first kappa shape index (κ1) is 13.4. The normalized spacial score (nSPS) is 20.4. The standard InChI is InChI=1S/C15H20ClNO/c16-9-5-4-8-14-10-12-6-2-1-3-7-13(11-18)15(12)17-14/h4,8,10-11,13,17H,1-3,5-7,9H2/b8-4-. The fourth-order valence-corrected chi connectivity index (χ4v) is 2.70. The van der Waals surface area contributed by atoms with Gasteiger partial charge in [-0.3, -0.25) is 0 Å². The van der Waals surface area contributed by atoms with Crippen molar-refractivity contribution in [1.29, 1.82) is 0 Å². The van der Waals surface area contributed by atoms with Gasteiger partial charge in [-0.2, -0.15) is 0 Å². The van der Waals surface area contributed by atoms with Crippen LogP contribution in [0.15, 0.2) is 12.1 Å². The Balaban J connectivity index is 2.21. The average Bonchev–Trinajstić information content (AvgIpc) is 2.73. The molecule has 0 saturated carbocycles. The molecule has 3 heteroatoms. The van der Waals surface area contributed by atoms with Crippen LogP contribution in [0.1, 0.15) is 55.0 Å². The summed E-state index contributed by atoms with van der Waals surface area (Å²) in [4.78, 5) is 14.6. The molecule has 0 fully saturated rings. The first-order chi connectivity index (χ1) is 8.85. The van der Waals surface area contributed by atoms with Crippen molar-refractivity contribution < 1.29 is 4.79 Å². The minimum Gasteiger partial charge on any atom is -0.358 e. The molecule has 0 saturated heterocycles. The van der Waals surface area contributed by atoms with Crippen molar-refractivity contribution in [2.45, 2.75) is 44.4 Å². The number of carbonyl (C=O) groups is 1. The van der Waals surface area contributed by atoms with Crippen molar-refractivity contribution in [3.8, 4) is 0 Å². The number of allylic oxidation sites excluding steroid dienone is 1. The van der Waals surface area contributed by atoms with Gasteiger partial charge in [0.05, 0.1) is 5.92 Å². The van der Waals surface area contributed by atoms with Crippen LogP contribution >= 0.6 is 11.6 Å². The summed E-state index contributed by atoms with van der Waals surface area (Å²) in [5, 5.41) is 0. The topological polar surface area (TPSA) is 32.9 Å². The second kappa shape index (κ2) is 6.79. The van der Waals surface area contributed by atoms with E-state index in [1.165, 1.54) is 18.4 Å². The van der Waals surface area contributed by atoms with Crippen molar-refractivity contribution in [2.24, 2.45) is 0 Å². The SMILES string of the molecule is O=CC1CCCCCc2cc(/C=C\CCCl)[nH]c21. The molecule has 1 aliphatic carbocycles. The zero-order chi connectivity index (χ0) is 12.8. The van der Waals surface area contributed by atoms with E-state index in [9.17, 15) is 4.79 Å². The monoisotopic (exact) mass is 265 g/mol. The zero-order valence-corrected chi connectivity index (χ0v) is 11.4. The maximum atomic E-state index is 11.2. The lowest BCUT2D eigenvalue weighted by molar-refractivity contribution is -0.109. The lowest BCUT2D eigenvalue weighted by Crippen LogP contribution is -2.06. The van der Waals surface area contributed by atoms with Gasteiger partial charge in [-0.25, -0.2) is 0 Å². The third-order valence-corrected chi connectivity index (χ3v) is 3.74. The molecule has 18 heavy (non-hydrogen) atoms. The van der Waals surface area contributed by atoms with Crippen LogP contribution in [0.25, 0.3) is 6.08 Å². The summed E-state index contributed by atoms with van der Waals surface area (Å²) in [5.41, 5.74) is 3.55. The number of aldehydes is 1. The van der Waals surface area contributed by atoms with E-state index in [-0.39, 0.29) is 5.92 Å². The Morgan fingerprint density at radius 3 is 3.06 bits per heavy atom. The van der Waals surface area contributed by atoms with Gasteiger partial charge in [-0.1, -0.05) is 18.9 Å². The Labute approximate surface area is 113 Å². The molecule has 1 aromatic heterocycles. The van der Waals surface area contributed by atoms with Gasteiger partial charge >= 0.3 is 0 Å². The van der Waals surface area contributed by atoms with E-state index < -0.39 is 0 Å². The molecule has 0 bridgehead atoms. The van der Waals surface area contributed by atoms with Crippen LogP contribution in [0.3, 0.4) is 0 Å². The molecule has 1 aromatic rings. The highest BCUT2D eigenvalue weighted by Gasteiger charge is 2.19. The van der Waals surface area contributed by atoms with E-state index in [0.717, 1.165) is 43.4 Å². The molecule has 2 rings (SSSR count). The molecule has 1 heterocycles. The van der Waals surface area contributed by atoms with Gasteiger partial charge in [-0.15, -0.1) is 11.6 Å². The summed E-state index contributed by atoms with van der Waals surface area (Å²) in [6.07, 6.45) is 11.8. The number of aromatic amines is 1. The van der Waals surface area contributed by atoms with Gasteiger partial charge in [-0.05, 0) is 43.4 Å². The highest BCUT2D eigenvalue weighted by Crippen LogP contribution is 2.28. The second-order valence-corrected chi connectivity index (χ2v) is 5.26. The maximum Gasteiger partial charge on any atom is 0.128 e. The highest BCUT2D eigenvalue weighted by molar-refractivity contribution is 6.17. The molecule has 1 N–H and O–H groups in total. The third kappa shape index (κ3) is 3.26. The Bertz CT molecular complexity index is 422. The first-order valence-corrected chi connectivity index (χ1v) is 7.28. The number of halogens is 1. The van der Waals surface area contributed by atoms with Crippen LogP contribution < -0.4 is 0 Å². The summed E-state index contributed by atoms with van der Waals surface area (Å²) in [6, 6.07) is 2.18. The van der Waals surface area contributed by atoms with Gasteiger partial charge in [0.15, 0.2) is 0 Å². The molecule has 1 unspecified atom stereocenters. The van der Waals surface area contributed by atoms with Crippen LogP contribution in [0, 0.1) is 0 Å².